The van der Waals surface area contributed by atoms with Crippen molar-refractivity contribution in [2.75, 3.05) is 12.4 Å². The zero-order chi connectivity index (χ0) is 17.8. The number of nitrogens with one attached hydrogen (secondary N) is 1. The quantitative estimate of drug-likeness (QED) is 0.546. The van der Waals surface area contributed by atoms with Crippen LogP contribution in [0.5, 0.6) is 0 Å². The van der Waals surface area contributed by atoms with Gasteiger partial charge in [-0.15, -0.1) is 11.3 Å². The first-order valence-corrected chi connectivity index (χ1v) is 8.60. The van der Waals surface area contributed by atoms with Gasteiger partial charge in [-0.2, -0.15) is 0 Å². The molecule has 5 heteroatoms. The van der Waals surface area contributed by atoms with E-state index in [4.69, 9.17) is 4.74 Å². The molecular weight excluding hydrogens is 334 g/mol. The molecule has 1 N–H and O–H groups in total. The molecule has 0 saturated carbocycles. The number of fused-ring (bicyclic) bond motifs is 1. The van der Waals surface area contributed by atoms with Crippen molar-refractivity contribution in [1.82, 2.24) is 0 Å². The van der Waals surface area contributed by atoms with Crippen LogP contribution in [0.4, 0.5) is 5.69 Å². The van der Waals surface area contributed by atoms with Gasteiger partial charge in [-0.25, -0.2) is 4.79 Å². The summed E-state index contributed by atoms with van der Waals surface area (Å²) in [5, 5.41) is 6.76. The Labute approximate surface area is 149 Å². The highest BCUT2D eigenvalue weighted by Gasteiger charge is 2.14. The number of allylic oxidation sites excluding steroid dienone is 1. The van der Waals surface area contributed by atoms with Crippen molar-refractivity contribution in [2.45, 2.75) is 6.92 Å². The highest BCUT2D eigenvalue weighted by atomic mass is 32.1. The molecule has 3 rings (SSSR count). The molecule has 0 atom stereocenters. The average Bonchev–Trinajstić information content (AvgIpc) is 3.08. The number of thiophene rings is 1. The summed E-state index contributed by atoms with van der Waals surface area (Å²) in [4.78, 5) is 24.3. The maximum atomic E-state index is 12.3. The van der Waals surface area contributed by atoms with Crippen molar-refractivity contribution in [3.8, 4) is 0 Å². The summed E-state index contributed by atoms with van der Waals surface area (Å²) in [7, 11) is 1.32. The Morgan fingerprint density at radius 1 is 1.08 bits per heavy atom. The predicted octanol–water partition coefficient (Wildman–Crippen LogP) is 4.73. The van der Waals surface area contributed by atoms with E-state index in [1.807, 2.05) is 37.3 Å². The molecule has 4 nitrogen and oxygen atoms in total. The minimum Gasteiger partial charge on any atom is -0.465 e. The van der Waals surface area contributed by atoms with Gasteiger partial charge in [0, 0.05) is 6.08 Å². The van der Waals surface area contributed by atoms with E-state index in [9.17, 15) is 9.59 Å². The van der Waals surface area contributed by atoms with Gasteiger partial charge < -0.3 is 10.1 Å². The summed E-state index contributed by atoms with van der Waals surface area (Å²) in [5.41, 5.74) is 2.29. The van der Waals surface area contributed by atoms with E-state index in [2.05, 4.69) is 17.4 Å². The lowest BCUT2D eigenvalue weighted by atomic mass is 10.0. The fourth-order valence-corrected chi connectivity index (χ4v) is 3.31. The van der Waals surface area contributed by atoms with Gasteiger partial charge in [-0.1, -0.05) is 36.4 Å². The van der Waals surface area contributed by atoms with Crippen LogP contribution in [0.25, 0.3) is 16.3 Å². The number of amides is 1. The molecule has 0 aliphatic rings. The zero-order valence-electron chi connectivity index (χ0n) is 13.9. The fraction of sp³-hybridized carbons (Fsp3) is 0.100. The highest BCUT2D eigenvalue weighted by molar-refractivity contribution is 7.12. The number of ether oxygens (including phenoxy) is 1. The predicted molar refractivity (Wildman–Crippen MR) is 102 cm³/mol. The number of esters is 1. The molecule has 2 aromatic carbocycles. The number of carbonyl (C=O) groups excluding carboxylic acids is 2. The molecule has 25 heavy (non-hydrogen) atoms. The molecule has 1 heterocycles. The summed E-state index contributed by atoms with van der Waals surface area (Å²) in [6.45, 7) is 1.89. The van der Waals surface area contributed by atoms with Gasteiger partial charge >= 0.3 is 5.97 Å². The van der Waals surface area contributed by atoms with E-state index in [-0.39, 0.29) is 5.91 Å². The van der Waals surface area contributed by atoms with Crippen LogP contribution in [-0.2, 0) is 9.53 Å². The largest absolute Gasteiger partial charge is 0.465 e. The molecule has 0 aliphatic heterocycles. The first kappa shape index (κ1) is 16.9. The number of rotatable bonds is 4. The molecule has 0 spiro atoms. The molecule has 0 saturated heterocycles. The maximum Gasteiger partial charge on any atom is 0.350 e. The van der Waals surface area contributed by atoms with Crippen LogP contribution in [0.2, 0.25) is 0 Å². The second kappa shape index (κ2) is 7.32. The Morgan fingerprint density at radius 3 is 2.60 bits per heavy atom. The van der Waals surface area contributed by atoms with Crippen molar-refractivity contribution in [3.05, 3.63) is 70.4 Å². The van der Waals surface area contributed by atoms with Crippen molar-refractivity contribution >= 4 is 45.2 Å². The number of hydrogen-bond acceptors (Lipinski definition) is 4. The van der Waals surface area contributed by atoms with Gasteiger partial charge in [-0.3, -0.25) is 4.79 Å². The SMILES string of the molecule is COC(=O)c1sccc1NC(=O)C=C(C)c1ccc2ccccc2c1. The van der Waals surface area contributed by atoms with Crippen LogP contribution in [-0.4, -0.2) is 19.0 Å². The third-order valence-electron chi connectivity index (χ3n) is 3.85. The first-order valence-electron chi connectivity index (χ1n) is 7.73. The second-order valence-corrected chi connectivity index (χ2v) is 6.45. The molecule has 0 bridgehead atoms. The Morgan fingerprint density at radius 2 is 1.84 bits per heavy atom. The van der Waals surface area contributed by atoms with Crippen molar-refractivity contribution in [3.63, 3.8) is 0 Å². The van der Waals surface area contributed by atoms with Gasteiger partial charge in [-0.05, 0) is 46.3 Å². The Bertz CT molecular complexity index is 972. The molecule has 0 unspecified atom stereocenters. The van der Waals surface area contributed by atoms with E-state index >= 15 is 0 Å². The minimum absolute atomic E-state index is 0.283. The number of benzene rings is 2. The normalized spacial score (nSPS) is 11.4. The first-order chi connectivity index (χ1) is 12.1. The van der Waals surface area contributed by atoms with E-state index in [0.717, 1.165) is 21.9 Å². The van der Waals surface area contributed by atoms with Crippen molar-refractivity contribution < 1.29 is 14.3 Å². The van der Waals surface area contributed by atoms with Crippen molar-refractivity contribution in [2.24, 2.45) is 0 Å². The van der Waals surface area contributed by atoms with E-state index in [0.29, 0.717) is 10.6 Å². The average molecular weight is 351 g/mol. The summed E-state index contributed by atoms with van der Waals surface area (Å²) in [6.07, 6.45) is 1.53. The third kappa shape index (κ3) is 3.78. The van der Waals surface area contributed by atoms with Crippen molar-refractivity contribution in [1.29, 1.82) is 0 Å². The minimum atomic E-state index is -0.458. The number of anilines is 1. The highest BCUT2D eigenvalue weighted by Crippen LogP contribution is 2.24. The van der Waals surface area contributed by atoms with Crippen LogP contribution < -0.4 is 5.32 Å². The molecule has 1 aromatic heterocycles. The number of methoxy groups -OCH3 is 1. The zero-order valence-corrected chi connectivity index (χ0v) is 14.7. The molecule has 0 fully saturated rings. The van der Waals surface area contributed by atoms with Crippen LogP contribution in [0.3, 0.4) is 0 Å². The lowest BCUT2D eigenvalue weighted by molar-refractivity contribution is -0.111. The van der Waals surface area contributed by atoms with Gasteiger partial charge in [0.2, 0.25) is 5.91 Å². The standard InChI is InChI=1S/C20H17NO3S/c1-13(15-8-7-14-5-3-4-6-16(14)12-15)11-18(22)21-17-9-10-25-19(17)20(23)24-2/h3-12H,1-2H3,(H,21,22). The Hall–Kier alpha value is -2.92. The Balaban J connectivity index is 1.80. The Kier molecular flexibility index (Phi) is 4.95. The summed E-state index contributed by atoms with van der Waals surface area (Å²) >= 11 is 1.23. The smallest absolute Gasteiger partial charge is 0.350 e. The van der Waals surface area contributed by atoms with Crippen LogP contribution in [0.15, 0.2) is 60.0 Å². The number of hydrogen-bond donors (Lipinski definition) is 1. The topological polar surface area (TPSA) is 55.4 Å². The lowest BCUT2D eigenvalue weighted by Crippen LogP contribution is -2.11. The molecule has 0 radical (unpaired) electrons. The fourth-order valence-electron chi connectivity index (χ4n) is 2.54. The summed E-state index contributed by atoms with van der Waals surface area (Å²) in [6, 6.07) is 15.9. The van der Waals surface area contributed by atoms with E-state index in [1.54, 1.807) is 11.4 Å². The molecule has 126 valence electrons. The van der Waals surface area contributed by atoms with E-state index in [1.165, 1.54) is 24.5 Å². The van der Waals surface area contributed by atoms with Gasteiger partial charge in [0.05, 0.1) is 12.8 Å². The van der Waals surface area contributed by atoms with Crippen LogP contribution in [0.1, 0.15) is 22.2 Å². The summed E-state index contributed by atoms with van der Waals surface area (Å²) in [5.74, 6) is -0.741. The van der Waals surface area contributed by atoms with Gasteiger partial charge in [0.15, 0.2) is 0 Å². The molecular formula is C20H17NO3S. The van der Waals surface area contributed by atoms with Gasteiger partial charge in [0.25, 0.3) is 0 Å². The number of carbonyl (C=O) groups is 2. The van der Waals surface area contributed by atoms with Gasteiger partial charge in [0.1, 0.15) is 4.88 Å². The maximum absolute atomic E-state index is 12.3. The molecule has 3 aromatic rings. The summed E-state index contributed by atoms with van der Waals surface area (Å²) < 4.78 is 4.71. The van der Waals surface area contributed by atoms with Crippen LogP contribution in [0, 0.1) is 0 Å². The third-order valence-corrected chi connectivity index (χ3v) is 4.74. The van der Waals surface area contributed by atoms with Crippen LogP contribution >= 0.6 is 11.3 Å². The molecule has 0 aliphatic carbocycles. The molecule has 1 amide bonds. The lowest BCUT2D eigenvalue weighted by Gasteiger charge is -2.06. The van der Waals surface area contributed by atoms with E-state index < -0.39 is 5.97 Å². The monoisotopic (exact) mass is 351 g/mol. The second-order valence-electron chi connectivity index (χ2n) is 5.53.